The lowest BCUT2D eigenvalue weighted by molar-refractivity contribution is -0.145. The van der Waals surface area contributed by atoms with Gasteiger partial charge in [0.05, 0.1) is 11.4 Å². The highest BCUT2D eigenvalue weighted by Gasteiger charge is 2.08. The molecule has 0 rings (SSSR count). The van der Waals surface area contributed by atoms with Crippen molar-refractivity contribution < 1.29 is 19.3 Å². The van der Waals surface area contributed by atoms with Gasteiger partial charge in [0.2, 0.25) is 0 Å². The van der Waals surface area contributed by atoms with Crippen molar-refractivity contribution in [2.75, 3.05) is 0 Å². The highest BCUT2D eigenvalue weighted by Crippen LogP contribution is 2.04. The van der Waals surface area contributed by atoms with Gasteiger partial charge in [-0.15, -0.1) is 0 Å². The van der Waals surface area contributed by atoms with Crippen molar-refractivity contribution in [3.05, 3.63) is 73.9 Å². The first-order valence-electron chi connectivity index (χ1n) is 8.27. The second-order valence-corrected chi connectivity index (χ2v) is 5.37. The lowest BCUT2D eigenvalue weighted by Gasteiger charge is -2.02. The highest BCUT2D eigenvalue weighted by molar-refractivity contribution is 6.00. The van der Waals surface area contributed by atoms with Crippen molar-refractivity contribution in [2.24, 2.45) is 10.3 Å². The fourth-order valence-corrected chi connectivity index (χ4v) is 1.43. The average Bonchev–Trinajstić information content (AvgIpc) is 2.66. The van der Waals surface area contributed by atoms with Gasteiger partial charge in [-0.05, 0) is 31.4 Å². The quantitative estimate of drug-likeness (QED) is 0.218. The SMILES string of the molecule is C=C/C=C\C(=C)/C(C)=N\OC(=O)CCCC(=O)O/N=C(\C)C(=C)/C=C\C=C. The molecule has 0 atom stereocenters. The van der Waals surface area contributed by atoms with Gasteiger partial charge >= 0.3 is 11.9 Å². The van der Waals surface area contributed by atoms with Gasteiger partial charge in [0.1, 0.15) is 0 Å². The number of hydrogen-bond donors (Lipinski definition) is 0. The third kappa shape index (κ3) is 11.8. The largest absolute Gasteiger partial charge is 0.335 e. The number of nitrogens with zero attached hydrogens (tertiary/aromatic N) is 2. The van der Waals surface area contributed by atoms with E-state index in [1.165, 1.54) is 0 Å². The lowest BCUT2D eigenvalue weighted by atomic mass is 10.2. The third-order valence-electron chi connectivity index (χ3n) is 3.13. The van der Waals surface area contributed by atoms with Crippen molar-refractivity contribution in [1.82, 2.24) is 0 Å². The van der Waals surface area contributed by atoms with Gasteiger partial charge in [0.15, 0.2) is 0 Å². The Bertz CT molecular complexity index is 650. The number of allylic oxidation sites excluding steroid dienone is 8. The van der Waals surface area contributed by atoms with Gasteiger partial charge < -0.3 is 9.68 Å². The fraction of sp³-hybridized carbons (Fsp3) is 0.238. The average molecular weight is 370 g/mol. The van der Waals surface area contributed by atoms with E-state index in [-0.39, 0.29) is 19.3 Å². The summed E-state index contributed by atoms with van der Waals surface area (Å²) in [5.74, 6) is -1.10. The van der Waals surface area contributed by atoms with Crippen LogP contribution in [-0.4, -0.2) is 23.4 Å². The maximum atomic E-state index is 11.6. The van der Waals surface area contributed by atoms with E-state index in [1.807, 2.05) is 0 Å². The minimum atomic E-state index is -0.551. The Morgan fingerprint density at radius 2 is 1.19 bits per heavy atom. The normalized spacial score (nSPS) is 12.1. The van der Waals surface area contributed by atoms with Crippen molar-refractivity contribution in [1.29, 1.82) is 0 Å². The maximum Gasteiger partial charge on any atom is 0.335 e. The standard InChI is InChI=1S/C21H26N2O4/c1-7-9-12-16(3)18(5)22-26-20(24)14-11-15-21(25)27-23-19(6)17(4)13-10-8-2/h7-10,12-13H,1-4,11,14-15H2,5-6H3/b12-9-,13-10-,22-18-,23-19+. The van der Waals surface area contributed by atoms with E-state index in [9.17, 15) is 9.59 Å². The van der Waals surface area contributed by atoms with Gasteiger partial charge in [-0.25, -0.2) is 9.59 Å². The molecule has 0 saturated heterocycles. The van der Waals surface area contributed by atoms with E-state index in [2.05, 4.69) is 36.6 Å². The number of carbonyl (C=O) groups is 2. The molecule has 0 bridgehead atoms. The van der Waals surface area contributed by atoms with E-state index >= 15 is 0 Å². The Hall–Kier alpha value is -3.28. The van der Waals surface area contributed by atoms with Crippen LogP contribution in [0.2, 0.25) is 0 Å². The molecule has 0 aliphatic rings. The lowest BCUT2D eigenvalue weighted by Crippen LogP contribution is -2.06. The molecule has 0 aromatic carbocycles. The van der Waals surface area contributed by atoms with E-state index in [0.29, 0.717) is 22.6 Å². The van der Waals surface area contributed by atoms with Crippen LogP contribution in [0.25, 0.3) is 0 Å². The summed E-state index contributed by atoms with van der Waals surface area (Å²) in [4.78, 5) is 32.8. The Morgan fingerprint density at radius 1 is 0.815 bits per heavy atom. The molecule has 0 amide bonds. The summed E-state index contributed by atoms with van der Waals surface area (Å²) in [5, 5.41) is 7.40. The molecule has 0 unspecified atom stereocenters. The van der Waals surface area contributed by atoms with Crippen molar-refractivity contribution in [2.45, 2.75) is 33.1 Å². The predicted molar refractivity (Wildman–Crippen MR) is 109 cm³/mol. The molecule has 27 heavy (non-hydrogen) atoms. The number of oxime groups is 2. The Morgan fingerprint density at radius 3 is 1.52 bits per heavy atom. The molecule has 0 aliphatic heterocycles. The molecule has 0 radical (unpaired) electrons. The molecule has 144 valence electrons. The van der Waals surface area contributed by atoms with Gasteiger partial charge in [-0.1, -0.05) is 73.1 Å². The van der Waals surface area contributed by atoms with E-state index in [0.717, 1.165) is 0 Å². The minimum Gasteiger partial charge on any atom is -0.318 e. The van der Waals surface area contributed by atoms with E-state index < -0.39 is 11.9 Å². The van der Waals surface area contributed by atoms with E-state index in [4.69, 9.17) is 9.68 Å². The monoisotopic (exact) mass is 370 g/mol. The maximum absolute atomic E-state index is 11.6. The van der Waals surface area contributed by atoms with Crippen molar-refractivity contribution in [3.8, 4) is 0 Å². The summed E-state index contributed by atoms with van der Waals surface area (Å²) in [6.45, 7) is 18.0. The second kappa shape index (κ2) is 13.9. The van der Waals surface area contributed by atoms with Crippen LogP contribution < -0.4 is 0 Å². The molecule has 0 aromatic rings. The van der Waals surface area contributed by atoms with Gasteiger partial charge in [0, 0.05) is 12.8 Å². The van der Waals surface area contributed by atoms with Crippen LogP contribution in [0.3, 0.4) is 0 Å². The topological polar surface area (TPSA) is 77.3 Å². The van der Waals surface area contributed by atoms with Crippen molar-refractivity contribution in [3.63, 3.8) is 0 Å². The summed E-state index contributed by atoms with van der Waals surface area (Å²) < 4.78 is 0. The van der Waals surface area contributed by atoms with Crippen LogP contribution in [0.1, 0.15) is 33.1 Å². The molecular weight excluding hydrogens is 344 g/mol. The Labute approximate surface area is 160 Å². The smallest absolute Gasteiger partial charge is 0.318 e. The molecule has 0 fully saturated rings. The second-order valence-electron chi connectivity index (χ2n) is 5.37. The molecule has 0 heterocycles. The molecular formula is C21H26N2O4. The molecule has 6 heteroatoms. The first-order chi connectivity index (χ1) is 12.8. The predicted octanol–water partition coefficient (Wildman–Crippen LogP) is 4.59. The summed E-state index contributed by atoms with van der Waals surface area (Å²) in [7, 11) is 0. The van der Waals surface area contributed by atoms with Crippen LogP contribution >= 0.6 is 0 Å². The van der Waals surface area contributed by atoms with E-state index in [1.54, 1.807) is 50.3 Å². The zero-order valence-corrected chi connectivity index (χ0v) is 15.9. The van der Waals surface area contributed by atoms with Crippen LogP contribution in [0.4, 0.5) is 0 Å². The summed E-state index contributed by atoms with van der Waals surface area (Å²) in [6, 6.07) is 0. The Kier molecular flexibility index (Phi) is 12.3. The van der Waals surface area contributed by atoms with Crippen molar-refractivity contribution >= 4 is 23.4 Å². The van der Waals surface area contributed by atoms with Gasteiger partial charge in [0.25, 0.3) is 0 Å². The summed E-state index contributed by atoms with van der Waals surface area (Å²) in [5.41, 5.74) is 2.14. The Balaban J connectivity index is 4.25. The number of rotatable bonds is 12. The highest BCUT2D eigenvalue weighted by atomic mass is 16.7. The van der Waals surface area contributed by atoms with Gasteiger partial charge in [-0.3, -0.25) is 0 Å². The third-order valence-corrected chi connectivity index (χ3v) is 3.13. The first kappa shape index (κ1) is 23.7. The number of carbonyl (C=O) groups excluding carboxylic acids is 2. The molecule has 0 saturated carbocycles. The van der Waals surface area contributed by atoms with Gasteiger partial charge in [-0.2, -0.15) is 0 Å². The van der Waals surface area contributed by atoms with Crippen LogP contribution in [0.15, 0.2) is 84.2 Å². The van der Waals surface area contributed by atoms with Crippen LogP contribution in [-0.2, 0) is 19.3 Å². The fourth-order valence-electron chi connectivity index (χ4n) is 1.43. The molecule has 0 aliphatic carbocycles. The van der Waals surface area contributed by atoms with Crippen LogP contribution in [0, 0.1) is 0 Å². The summed E-state index contributed by atoms with van der Waals surface area (Å²) >= 11 is 0. The molecule has 0 N–H and O–H groups in total. The zero-order chi connectivity index (χ0) is 20.7. The molecule has 6 nitrogen and oxygen atoms in total. The van der Waals surface area contributed by atoms with Crippen LogP contribution in [0.5, 0.6) is 0 Å². The first-order valence-corrected chi connectivity index (χ1v) is 8.27. The number of hydrogen-bond acceptors (Lipinski definition) is 6. The zero-order valence-electron chi connectivity index (χ0n) is 15.9. The minimum absolute atomic E-state index is 0.0261. The summed E-state index contributed by atoms with van der Waals surface area (Å²) in [6.07, 6.45) is 10.3. The molecule has 0 spiro atoms. The molecule has 0 aromatic heterocycles.